The highest BCUT2D eigenvalue weighted by Crippen LogP contribution is 2.28. The maximum Gasteiger partial charge on any atom is 0.156 e. The van der Waals surface area contributed by atoms with Crippen LogP contribution in [0.15, 0.2) is 0 Å². The first-order chi connectivity index (χ1) is 10.4. The average Bonchev–Trinajstić information content (AvgIpc) is 2.87. The molecule has 0 aliphatic carbocycles. The van der Waals surface area contributed by atoms with Gasteiger partial charge in [-0.05, 0) is 30.8 Å². The number of ketones is 1. The fourth-order valence-electron chi connectivity index (χ4n) is 3.11. The van der Waals surface area contributed by atoms with E-state index in [0.29, 0.717) is 18.2 Å². The molecule has 3 heterocycles. The van der Waals surface area contributed by atoms with Gasteiger partial charge in [0.05, 0.1) is 12.5 Å². The number of aromatic nitrogens is 2. The second kappa shape index (κ2) is 6.34. The molecule has 0 saturated carbocycles. The van der Waals surface area contributed by atoms with Crippen molar-refractivity contribution in [2.75, 3.05) is 19.8 Å². The van der Waals surface area contributed by atoms with E-state index in [4.69, 9.17) is 4.74 Å². The van der Waals surface area contributed by atoms with Crippen LogP contribution in [0, 0.1) is 0 Å². The minimum Gasteiger partial charge on any atom is -0.381 e. The molecule has 5 nitrogen and oxygen atoms in total. The molecule has 22 heavy (non-hydrogen) atoms. The van der Waals surface area contributed by atoms with Crippen LogP contribution in [0.1, 0.15) is 50.9 Å². The highest BCUT2D eigenvalue weighted by atomic mass is 32.1. The van der Waals surface area contributed by atoms with Gasteiger partial charge in [0.15, 0.2) is 5.78 Å². The Hall–Kier alpha value is -0.850. The summed E-state index contributed by atoms with van der Waals surface area (Å²) in [6.45, 7) is 8.99. The van der Waals surface area contributed by atoms with Crippen molar-refractivity contribution in [1.29, 1.82) is 0 Å². The van der Waals surface area contributed by atoms with Gasteiger partial charge in [-0.25, -0.2) is 4.98 Å². The monoisotopic (exact) mass is 323 g/mol. The smallest absolute Gasteiger partial charge is 0.156 e. The lowest BCUT2D eigenvalue weighted by Gasteiger charge is -2.46. The van der Waals surface area contributed by atoms with Gasteiger partial charge in [-0.15, -0.1) is 0 Å². The van der Waals surface area contributed by atoms with Crippen LogP contribution in [-0.2, 0) is 21.4 Å². The van der Waals surface area contributed by atoms with E-state index in [0.717, 1.165) is 49.9 Å². The lowest BCUT2D eigenvalue weighted by atomic mass is 9.91. The van der Waals surface area contributed by atoms with Gasteiger partial charge in [-0.1, -0.05) is 20.8 Å². The maximum atomic E-state index is 12.6. The van der Waals surface area contributed by atoms with Crippen molar-refractivity contribution in [3.8, 4) is 0 Å². The normalized spacial score (nSPS) is 24.2. The van der Waals surface area contributed by atoms with Crippen molar-refractivity contribution in [2.24, 2.45) is 0 Å². The molecule has 0 spiro atoms. The van der Waals surface area contributed by atoms with Crippen molar-refractivity contribution >= 4 is 17.3 Å². The van der Waals surface area contributed by atoms with Gasteiger partial charge in [-0.2, -0.15) is 4.37 Å². The van der Waals surface area contributed by atoms with Crippen LogP contribution >= 0.6 is 11.5 Å². The lowest BCUT2D eigenvalue weighted by molar-refractivity contribution is -0.131. The fraction of sp³-hybridized carbons (Fsp3) is 0.812. The van der Waals surface area contributed by atoms with E-state index in [1.54, 1.807) is 0 Å². The van der Waals surface area contributed by atoms with E-state index in [-0.39, 0.29) is 11.5 Å². The summed E-state index contributed by atoms with van der Waals surface area (Å²) >= 11 is 1.37. The summed E-state index contributed by atoms with van der Waals surface area (Å²) in [4.78, 5) is 19.5. The molecule has 2 saturated heterocycles. The van der Waals surface area contributed by atoms with Gasteiger partial charge in [0, 0.05) is 31.2 Å². The lowest BCUT2D eigenvalue weighted by Crippen LogP contribution is -2.58. The van der Waals surface area contributed by atoms with Gasteiger partial charge in [0.1, 0.15) is 10.8 Å². The zero-order chi connectivity index (χ0) is 15.7. The van der Waals surface area contributed by atoms with E-state index in [1.165, 1.54) is 11.5 Å². The van der Waals surface area contributed by atoms with Crippen molar-refractivity contribution in [3.63, 3.8) is 0 Å². The second-order valence-corrected chi connectivity index (χ2v) is 8.13. The second-order valence-electron chi connectivity index (χ2n) is 7.29. The molecule has 1 atom stereocenters. The van der Waals surface area contributed by atoms with Crippen LogP contribution in [0.25, 0.3) is 0 Å². The largest absolute Gasteiger partial charge is 0.381 e. The van der Waals surface area contributed by atoms with Crippen LogP contribution in [0.3, 0.4) is 0 Å². The molecular formula is C16H25N3O2S. The molecule has 122 valence electrons. The van der Waals surface area contributed by atoms with E-state index >= 15 is 0 Å². The minimum atomic E-state index is -0.0532. The number of nitrogens with zero attached hydrogens (tertiary/aromatic N) is 3. The summed E-state index contributed by atoms with van der Waals surface area (Å²) in [6.07, 6.45) is 3.52. The zero-order valence-corrected chi connectivity index (χ0v) is 14.5. The molecule has 2 aliphatic rings. The summed E-state index contributed by atoms with van der Waals surface area (Å²) in [7, 11) is 0. The Morgan fingerprint density at radius 3 is 2.59 bits per heavy atom. The molecule has 6 heteroatoms. The SMILES string of the molecule is CC(C)(C)c1nsc(CC(=O)[C@@H]2CCN2C2CCOCC2)n1. The van der Waals surface area contributed by atoms with E-state index in [9.17, 15) is 4.79 Å². The average molecular weight is 323 g/mol. The Kier molecular flexibility index (Phi) is 4.61. The fourth-order valence-corrected chi connectivity index (χ4v) is 3.95. The molecule has 0 unspecified atom stereocenters. The van der Waals surface area contributed by atoms with Crippen molar-refractivity contribution in [3.05, 3.63) is 10.8 Å². The predicted octanol–water partition coefficient (Wildman–Crippen LogP) is 2.20. The zero-order valence-electron chi connectivity index (χ0n) is 13.7. The molecule has 1 aromatic heterocycles. The minimum absolute atomic E-state index is 0.0532. The van der Waals surface area contributed by atoms with Crippen LogP contribution in [0.4, 0.5) is 0 Å². The molecule has 0 radical (unpaired) electrons. The Labute approximate surface area is 136 Å². The summed E-state index contributed by atoms with van der Waals surface area (Å²) in [6, 6.07) is 0.612. The first kappa shape index (κ1) is 16.0. The van der Waals surface area contributed by atoms with Crippen molar-refractivity contribution in [1.82, 2.24) is 14.3 Å². The number of Topliss-reactive ketones (excluding diaryl/α,β-unsaturated/α-hetero) is 1. The molecule has 0 N–H and O–H groups in total. The van der Waals surface area contributed by atoms with Gasteiger partial charge < -0.3 is 4.74 Å². The Bertz CT molecular complexity index is 532. The molecule has 2 aliphatic heterocycles. The maximum absolute atomic E-state index is 12.6. The number of rotatable bonds is 4. The number of carbonyl (C=O) groups excluding carboxylic acids is 1. The van der Waals surface area contributed by atoms with Crippen molar-refractivity contribution in [2.45, 2.75) is 64.0 Å². The van der Waals surface area contributed by atoms with E-state index in [2.05, 4.69) is 35.0 Å². The third-order valence-corrected chi connectivity index (χ3v) is 5.27. The molecule has 2 fully saturated rings. The summed E-state index contributed by atoms with van der Waals surface area (Å²) < 4.78 is 9.82. The molecule has 0 amide bonds. The summed E-state index contributed by atoms with van der Waals surface area (Å²) in [5.41, 5.74) is -0.0532. The number of ether oxygens (including phenoxy) is 1. The van der Waals surface area contributed by atoms with Crippen LogP contribution in [-0.4, -0.2) is 51.9 Å². The number of hydrogen-bond acceptors (Lipinski definition) is 6. The van der Waals surface area contributed by atoms with Crippen molar-refractivity contribution < 1.29 is 9.53 Å². The van der Waals surface area contributed by atoms with Gasteiger partial charge in [0.2, 0.25) is 0 Å². The third-order valence-electron chi connectivity index (χ3n) is 4.56. The topological polar surface area (TPSA) is 55.3 Å². The van der Waals surface area contributed by atoms with Crippen LogP contribution in [0.5, 0.6) is 0 Å². The molecule has 0 aromatic carbocycles. The predicted molar refractivity (Wildman–Crippen MR) is 86.3 cm³/mol. The quantitative estimate of drug-likeness (QED) is 0.850. The molecule has 3 rings (SSSR count). The molecular weight excluding hydrogens is 298 g/mol. The number of hydrogen-bond donors (Lipinski definition) is 0. The van der Waals surface area contributed by atoms with E-state index in [1.807, 2.05) is 0 Å². The standard InChI is InChI=1S/C16H25N3O2S/c1-16(2,3)15-17-14(22-18-15)10-13(20)12-4-7-19(12)11-5-8-21-9-6-11/h11-12H,4-10H2,1-3H3/t12-/m0/s1. The highest BCUT2D eigenvalue weighted by Gasteiger charge is 2.39. The molecule has 0 bridgehead atoms. The van der Waals surface area contributed by atoms with Gasteiger partial charge >= 0.3 is 0 Å². The summed E-state index contributed by atoms with van der Waals surface area (Å²) in [5, 5.41) is 0.855. The van der Waals surface area contributed by atoms with Crippen LogP contribution < -0.4 is 0 Å². The number of carbonyl (C=O) groups is 1. The molecule has 1 aromatic rings. The Morgan fingerprint density at radius 2 is 2.05 bits per heavy atom. The van der Waals surface area contributed by atoms with Gasteiger partial charge in [-0.3, -0.25) is 9.69 Å². The summed E-state index contributed by atoms with van der Waals surface area (Å²) in [5.74, 6) is 1.14. The number of likely N-dealkylation sites (tertiary alicyclic amines) is 1. The first-order valence-corrected chi connectivity index (χ1v) is 8.92. The first-order valence-electron chi connectivity index (χ1n) is 8.14. The Morgan fingerprint density at radius 1 is 1.32 bits per heavy atom. The highest BCUT2D eigenvalue weighted by molar-refractivity contribution is 7.05. The Balaban J connectivity index is 1.58. The van der Waals surface area contributed by atoms with Gasteiger partial charge in [0.25, 0.3) is 0 Å². The van der Waals surface area contributed by atoms with Crippen LogP contribution in [0.2, 0.25) is 0 Å². The van der Waals surface area contributed by atoms with E-state index < -0.39 is 0 Å². The third kappa shape index (κ3) is 3.39.